The van der Waals surface area contributed by atoms with Crippen LogP contribution in [0.15, 0.2) is 23.1 Å². The number of hydrogen-bond donors (Lipinski definition) is 0. The molecule has 0 spiro atoms. The Morgan fingerprint density at radius 1 is 1.32 bits per heavy atom. The predicted molar refractivity (Wildman–Crippen MR) is 65.1 cm³/mol. The Balaban J connectivity index is 3.13. The van der Waals surface area contributed by atoms with E-state index >= 15 is 0 Å². The highest BCUT2D eigenvalue weighted by Crippen LogP contribution is 2.31. The van der Waals surface area contributed by atoms with Crippen LogP contribution in [0.3, 0.4) is 0 Å². The van der Waals surface area contributed by atoms with Crippen LogP contribution in [0.2, 0.25) is 0 Å². The maximum absolute atomic E-state index is 12.1. The molecule has 0 aliphatic carbocycles. The van der Waals surface area contributed by atoms with Crippen molar-refractivity contribution in [1.29, 1.82) is 0 Å². The molecule has 0 fully saturated rings. The smallest absolute Gasteiger partial charge is 0.422 e. The van der Waals surface area contributed by atoms with Crippen LogP contribution in [-0.2, 0) is 9.05 Å². The lowest BCUT2D eigenvalue weighted by Crippen LogP contribution is -2.20. The van der Waals surface area contributed by atoms with Gasteiger partial charge in [-0.2, -0.15) is 13.2 Å². The summed E-state index contributed by atoms with van der Waals surface area (Å²) < 4.78 is 63.3. The van der Waals surface area contributed by atoms with Crippen LogP contribution in [0, 0.1) is 0 Å². The van der Waals surface area contributed by atoms with Crippen molar-refractivity contribution in [3.05, 3.63) is 23.8 Å². The molecule has 0 amide bonds. The predicted octanol–water partition coefficient (Wildman–Crippen LogP) is 3.68. The zero-order valence-electron chi connectivity index (χ0n) is 10.2. The van der Waals surface area contributed by atoms with E-state index in [4.69, 9.17) is 10.7 Å². The van der Waals surface area contributed by atoms with Gasteiger partial charge in [0, 0.05) is 10.7 Å². The van der Waals surface area contributed by atoms with Crippen molar-refractivity contribution < 1.29 is 26.3 Å². The van der Waals surface area contributed by atoms with Crippen molar-refractivity contribution in [1.82, 2.24) is 0 Å². The summed E-state index contributed by atoms with van der Waals surface area (Å²) in [6.07, 6.45) is -4.45. The van der Waals surface area contributed by atoms with E-state index in [1.807, 2.05) is 0 Å². The summed E-state index contributed by atoms with van der Waals surface area (Å²) in [6.45, 7) is 1.99. The van der Waals surface area contributed by atoms with E-state index in [0.29, 0.717) is 5.56 Å². The van der Waals surface area contributed by atoms with Gasteiger partial charge in [0.15, 0.2) is 6.61 Å². The molecule has 0 N–H and O–H groups in total. The number of ether oxygens (including phenoxy) is 1. The zero-order chi connectivity index (χ0) is 14.8. The maximum Gasteiger partial charge on any atom is 0.422 e. The summed E-state index contributed by atoms with van der Waals surface area (Å²) >= 11 is 0. The molecule has 0 saturated heterocycles. The number of alkyl halides is 3. The standard InChI is InChI=1S/C11H12ClF3O3S/c1-7(2)9-5-8(19(12,16)17)3-4-10(9)18-6-11(13,14)15/h3-5,7H,6H2,1-2H3. The highest BCUT2D eigenvalue weighted by molar-refractivity contribution is 8.13. The van der Waals surface area contributed by atoms with Gasteiger partial charge in [-0.25, -0.2) is 8.42 Å². The van der Waals surface area contributed by atoms with E-state index in [1.165, 1.54) is 12.1 Å². The second-order valence-electron chi connectivity index (χ2n) is 4.20. The first-order valence-corrected chi connectivity index (χ1v) is 7.60. The molecule has 0 aliphatic rings. The highest BCUT2D eigenvalue weighted by atomic mass is 35.7. The minimum absolute atomic E-state index is 0.00334. The minimum atomic E-state index is -4.45. The molecule has 1 rings (SSSR count). The Labute approximate surface area is 113 Å². The van der Waals surface area contributed by atoms with E-state index in [0.717, 1.165) is 6.07 Å². The molecule has 19 heavy (non-hydrogen) atoms. The third kappa shape index (κ3) is 4.91. The second kappa shape index (κ2) is 5.58. The number of halogens is 4. The SMILES string of the molecule is CC(C)c1cc(S(=O)(=O)Cl)ccc1OCC(F)(F)F. The molecule has 8 heteroatoms. The topological polar surface area (TPSA) is 43.4 Å². The van der Waals surface area contributed by atoms with Crippen LogP contribution < -0.4 is 4.74 Å². The van der Waals surface area contributed by atoms with Crippen LogP contribution in [0.4, 0.5) is 13.2 Å². The van der Waals surface area contributed by atoms with Crippen LogP contribution in [0.5, 0.6) is 5.75 Å². The monoisotopic (exact) mass is 316 g/mol. The van der Waals surface area contributed by atoms with Crippen molar-refractivity contribution in [2.24, 2.45) is 0 Å². The molecule has 0 bridgehead atoms. The van der Waals surface area contributed by atoms with Crippen molar-refractivity contribution in [2.45, 2.75) is 30.8 Å². The highest BCUT2D eigenvalue weighted by Gasteiger charge is 2.29. The van der Waals surface area contributed by atoms with E-state index in [1.54, 1.807) is 13.8 Å². The molecule has 3 nitrogen and oxygen atoms in total. The van der Waals surface area contributed by atoms with Gasteiger partial charge in [-0.3, -0.25) is 0 Å². The summed E-state index contributed by atoms with van der Waals surface area (Å²) in [5.74, 6) is -0.210. The van der Waals surface area contributed by atoms with Crippen molar-refractivity contribution in [3.63, 3.8) is 0 Å². The summed E-state index contributed by atoms with van der Waals surface area (Å²) in [6, 6.07) is 3.51. The Bertz CT molecular complexity index is 553. The first kappa shape index (κ1) is 16.1. The van der Waals surface area contributed by atoms with Gasteiger partial charge >= 0.3 is 6.18 Å². The van der Waals surface area contributed by atoms with Crippen LogP contribution in [-0.4, -0.2) is 21.2 Å². The second-order valence-corrected chi connectivity index (χ2v) is 6.76. The summed E-state index contributed by atoms with van der Waals surface area (Å²) in [5.41, 5.74) is 0.353. The van der Waals surface area contributed by atoms with Gasteiger partial charge in [-0.05, 0) is 29.7 Å². The fourth-order valence-corrected chi connectivity index (χ4v) is 2.21. The summed E-state index contributed by atoms with van der Waals surface area (Å²) in [5, 5.41) is 0. The van der Waals surface area contributed by atoms with Gasteiger partial charge in [-0.15, -0.1) is 0 Å². The average Bonchev–Trinajstić information content (AvgIpc) is 2.23. The molecular formula is C11H12ClF3O3S. The van der Waals surface area contributed by atoms with Crippen LogP contribution in [0.25, 0.3) is 0 Å². The Morgan fingerprint density at radius 3 is 2.32 bits per heavy atom. The number of benzene rings is 1. The first-order valence-electron chi connectivity index (χ1n) is 5.29. The van der Waals surface area contributed by atoms with Gasteiger partial charge in [0.2, 0.25) is 0 Å². The number of hydrogen-bond acceptors (Lipinski definition) is 3. The van der Waals surface area contributed by atoms with E-state index < -0.39 is 21.8 Å². The molecule has 0 saturated carbocycles. The minimum Gasteiger partial charge on any atom is -0.484 e. The number of rotatable bonds is 4. The lowest BCUT2D eigenvalue weighted by Gasteiger charge is -2.16. The molecule has 0 aromatic heterocycles. The summed E-state index contributed by atoms with van der Waals surface area (Å²) in [4.78, 5) is -0.169. The van der Waals surface area contributed by atoms with Crippen molar-refractivity contribution >= 4 is 19.7 Å². The normalized spacial score (nSPS) is 12.8. The molecule has 0 radical (unpaired) electrons. The molecule has 0 aliphatic heterocycles. The molecular weight excluding hydrogens is 305 g/mol. The molecule has 1 aromatic carbocycles. The van der Waals surface area contributed by atoms with Gasteiger partial charge in [0.1, 0.15) is 5.75 Å². The lowest BCUT2D eigenvalue weighted by molar-refractivity contribution is -0.153. The summed E-state index contributed by atoms with van der Waals surface area (Å²) in [7, 11) is 1.26. The third-order valence-corrected chi connectivity index (χ3v) is 3.63. The van der Waals surface area contributed by atoms with Gasteiger partial charge in [0.25, 0.3) is 9.05 Å². The maximum atomic E-state index is 12.1. The molecule has 0 atom stereocenters. The fraction of sp³-hybridized carbons (Fsp3) is 0.455. The average molecular weight is 317 g/mol. The zero-order valence-corrected chi connectivity index (χ0v) is 11.7. The Hall–Kier alpha value is -0.950. The quantitative estimate of drug-likeness (QED) is 0.796. The third-order valence-electron chi connectivity index (χ3n) is 2.28. The fourth-order valence-electron chi connectivity index (χ4n) is 1.42. The van der Waals surface area contributed by atoms with E-state index in [-0.39, 0.29) is 16.6 Å². The van der Waals surface area contributed by atoms with Crippen LogP contribution in [0.1, 0.15) is 25.3 Å². The van der Waals surface area contributed by atoms with Crippen molar-refractivity contribution in [2.75, 3.05) is 6.61 Å². The Morgan fingerprint density at radius 2 is 1.89 bits per heavy atom. The molecule has 108 valence electrons. The largest absolute Gasteiger partial charge is 0.484 e. The van der Waals surface area contributed by atoms with Crippen molar-refractivity contribution in [3.8, 4) is 5.75 Å². The van der Waals surface area contributed by atoms with E-state index in [9.17, 15) is 21.6 Å². The first-order chi connectivity index (χ1) is 8.50. The van der Waals surface area contributed by atoms with E-state index in [2.05, 4.69) is 4.74 Å². The van der Waals surface area contributed by atoms with Gasteiger partial charge < -0.3 is 4.74 Å². The van der Waals surface area contributed by atoms with Crippen LogP contribution >= 0.6 is 10.7 Å². The molecule has 1 aromatic rings. The van der Waals surface area contributed by atoms with Gasteiger partial charge in [0.05, 0.1) is 4.90 Å². The Kier molecular flexibility index (Phi) is 4.73. The molecule has 0 unspecified atom stereocenters. The van der Waals surface area contributed by atoms with Gasteiger partial charge in [-0.1, -0.05) is 13.8 Å². The lowest BCUT2D eigenvalue weighted by atomic mass is 10.0. The molecule has 0 heterocycles.